The number of rotatable bonds is 4. The summed E-state index contributed by atoms with van der Waals surface area (Å²) in [4.78, 5) is 18.7. The molecule has 1 aliphatic carbocycles. The minimum Gasteiger partial charge on any atom is -0.308 e. The molecule has 2 aromatic heterocycles. The third-order valence-corrected chi connectivity index (χ3v) is 5.38. The summed E-state index contributed by atoms with van der Waals surface area (Å²) in [5.74, 6) is -0.229. The minimum absolute atomic E-state index is 0.183. The van der Waals surface area contributed by atoms with Gasteiger partial charge in [0.05, 0.1) is 6.20 Å². The molecule has 3 heterocycles. The van der Waals surface area contributed by atoms with Crippen molar-refractivity contribution in [1.82, 2.24) is 19.7 Å². The Balaban J connectivity index is 1.36. The van der Waals surface area contributed by atoms with E-state index in [1.54, 1.807) is 23.1 Å². The van der Waals surface area contributed by atoms with Crippen molar-refractivity contribution in [3.05, 3.63) is 42.9 Å². The van der Waals surface area contributed by atoms with Crippen LogP contribution in [0.25, 0.3) is 21.9 Å². The van der Waals surface area contributed by atoms with Crippen molar-refractivity contribution in [3.63, 3.8) is 0 Å². The molecule has 3 aromatic rings. The van der Waals surface area contributed by atoms with E-state index in [4.69, 9.17) is 0 Å². The lowest BCUT2D eigenvalue weighted by Gasteiger charge is -2.43. The number of nitrogens with zero attached hydrogens (tertiary/aromatic N) is 4. The van der Waals surface area contributed by atoms with Gasteiger partial charge in [0.1, 0.15) is 5.82 Å². The van der Waals surface area contributed by atoms with Gasteiger partial charge in [-0.3, -0.25) is 14.4 Å². The molecule has 1 aliphatic heterocycles. The molecule has 0 unspecified atom stereocenters. The molecule has 2 fully saturated rings. The molecule has 5 rings (SSSR count). The molecule has 7 heteroatoms. The van der Waals surface area contributed by atoms with Crippen molar-refractivity contribution < 1.29 is 9.18 Å². The maximum atomic E-state index is 14.7. The average Bonchev–Trinajstić information content (AvgIpc) is 3.38. The zero-order chi connectivity index (χ0) is 18.6. The Hall–Kier alpha value is -2.80. The largest absolute Gasteiger partial charge is 0.308 e. The molecule has 1 aromatic carbocycles. The molecule has 0 spiro atoms. The van der Waals surface area contributed by atoms with E-state index in [1.165, 1.54) is 0 Å². The predicted molar refractivity (Wildman–Crippen MR) is 101 cm³/mol. The summed E-state index contributed by atoms with van der Waals surface area (Å²) in [7, 11) is 1.87. The highest BCUT2D eigenvalue weighted by molar-refractivity contribution is 5.99. The van der Waals surface area contributed by atoms with E-state index in [0.717, 1.165) is 34.7 Å². The standard InChI is InChI=1S/C20H20FN5O/c1-25-10-16(9-23-25)13-2-3-14-8-22-18(7-15(14)6-13)24-19(27)20(21)11-26(12-20)17-4-5-17/h2-3,6-10,17H,4-5,11-12H2,1H3,(H,22,24,27). The van der Waals surface area contributed by atoms with Gasteiger partial charge in [-0.25, -0.2) is 9.37 Å². The van der Waals surface area contributed by atoms with E-state index in [1.807, 2.05) is 36.3 Å². The number of hydrogen-bond donors (Lipinski definition) is 1. The Morgan fingerprint density at radius 2 is 2.00 bits per heavy atom. The first-order valence-electron chi connectivity index (χ1n) is 9.13. The van der Waals surface area contributed by atoms with Gasteiger partial charge in [0.25, 0.3) is 5.91 Å². The minimum atomic E-state index is -1.81. The number of fused-ring (bicyclic) bond motifs is 1. The molecule has 1 amide bonds. The van der Waals surface area contributed by atoms with E-state index in [9.17, 15) is 9.18 Å². The summed E-state index contributed by atoms with van der Waals surface area (Å²) >= 11 is 0. The van der Waals surface area contributed by atoms with Crippen molar-refractivity contribution in [2.45, 2.75) is 24.6 Å². The van der Waals surface area contributed by atoms with Crippen LogP contribution in [0.3, 0.4) is 0 Å². The Morgan fingerprint density at radius 3 is 2.70 bits per heavy atom. The lowest BCUT2D eigenvalue weighted by atomic mass is 9.95. The second-order valence-electron chi connectivity index (χ2n) is 7.59. The van der Waals surface area contributed by atoms with Crippen LogP contribution in [0.2, 0.25) is 0 Å². The normalized spacial score (nSPS) is 19.0. The van der Waals surface area contributed by atoms with Crippen LogP contribution in [0, 0.1) is 0 Å². The quantitative estimate of drug-likeness (QED) is 0.772. The Bertz CT molecular complexity index is 1040. The van der Waals surface area contributed by atoms with Crippen LogP contribution in [-0.4, -0.2) is 50.4 Å². The number of hydrogen-bond acceptors (Lipinski definition) is 4. The van der Waals surface area contributed by atoms with Gasteiger partial charge in [-0.2, -0.15) is 5.10 Å². The molecular formula is C20H20FN5O. The summed E-state index contributed by atoms with van der Waals surface area (Å²) in [6.07, 6.45) is 7.67. The predicted octanol–water partition coefficient (Wildman–Crippen LogP) is 2.76. The summed E-state index contributed by atoms with van der Waals surface area (Å²) in [5.41, 5.74) is 0.232. The molecule has 0 atom stereocenters. The molecular weight excluding hydrogens is 345 g/mol. The molecule has 1 saturated carbocycles. The highest BCUT2D eigenvalue weighted by Crippen LogP contribution is 2.37. The Labute approximate surface area is 156 Å². The van der Waals surface area contributed by atoms with Gasteiger partial charge in [0, 0.05) is 49.5 Å². The number of halogens is 1. The monoisotopic (exact) mass is 365 g/mol. The smallest absolute Gasteiger partial charge is 0.265 e. The molecule has 138 valence electrons. The number of nitrogens with one attached hydrogen (secondary N) is 1. The van der Waals surface area contributed by atoms with Gasteiger partial charge in [-0.1, -0.05) is 12.1 Å². The molecule has 0 bridgehead atoms. The zero-order valence-electron chi connectivity index (χ0n) is 15.0. The summed E-state index contributed by atoms with van der Waals surface area (Å²) in [6, 6.07) is 8.27. The highest BCUT2D eigenvalue weighted by atomic mass is 19.1. The van der Waals surface area contributed by atoms with Gasteiger partial charge in [-0.05, 0) is 35.9 Å². The SMILES string of the molecule is Cn1cc(-c2ccc3cnc(NC(=O)C4(F)CN(C5CC5)C4)cc3c2)cn1. The fourth-order valence-electron chi connectivity index (χ4n) is 3.63. The molecule has 1 N–H and O–H groups in total. The van der Waals surface area contributed by atoms with Crippen molar-refractivity contribution in [3.8, 4) is 11.1 Å². The van der Waals surface area contributed by atoms with Crippen LogP contribution in [0.4, 0.5) is 10.2 Å². The first-order valence-corrected chi connectivity index (χ1v) is 9.13. The van der Waals surface area contributed by atoms with E-state index in [2.05, 4.69) is 15.4 Å². The van der Waals surface area contributed by atoms with E-state index in [-0.39, 0.29) is 13.1 Å². The maximum Gasteiger partial charge on any atom is 0.265 e. The van der Waals surface area contributed by atoms with Crippen LogP contribution >= 0.6 is 0 Å². The Morgan fingerprint density at radius 1 is 1.19 bits per heavy atom. The first-order chi connectivity index (χ1) is 13.0. The molecule has 6 nitrogen and oxygen atoms in total. The van der Waals surface area contributed by atoms with E-state index < -0.39 is 11.6 Å². The second-order valence-corrected chi connectivity index (χ2v) is 7.59. The van der Waals surface area contributed by atoms with Crippen molar-refractivity contribution in [2.75, 3.05) is 18.4 Å². The van der Waals surface area contributed by atoms with Gasteiger partial charge in [-0.15, -0.1) is 0 Å². The lowest BCUT2D eigenvalue weighted by molar-refractivity contribution is -0.140. The van der Waals surface area contributed by atoms with Gasteiger partial charge in [0.15, 0.2) is 0 Å². The number of likely N-dealkylation sites (tertiary alicyclic amines) is 1. The molecule has 0 radical (unpaired) electrons. The van der Waals surface area contributed by atoms with Crippen LogP contribution < -0.4 is 5.32 Å². The Kier molecular flexibility index (Phi) is 3.55. The van der Waals surface area contributed by atoms with Gasteiger partial charge in [0.2, 0.25) is 5.67 Å². The molecule has 27 heavy (non-hydrogen) atoms. The highest BCUT2D eigenvalue weighted by Gasteiger charge is 2.53. The number of amides is 1. The maximum absolute atomic E-state index is 14.7. The average molecular weight is 365 g/mol. The van der Waals surface area contributed by atoms with Gasteiger partial charge >= 0.3 is 0 Å². The number of carbonyl (C=O) groups is 1. The number of aromatic nitrogens is 3. The van der Waals surface area contributed by atoms with Crippen molar-refractivity contribution in [2.24, 2.45) is 7.05 Å². The zero-order valence-corrected chi connectivity index (χ0v) is 15.0. The first kappa shape index (κ1) is 16.4. The van der Waals surface area contributed by atoms with E-state index >= 15 is 0 Å². The molecule has 1 saturated heterocycles. The third-order valence-electron chi connectivity index (χ3n) is 5.38. The summed E-state index contributed by atoms with van der Waals surface area (Å²) in [6.45, 7) is 0.366. The lowest BCUT2D eigenvalue weighted by Crippen LogP contribution is -2.65. The third kappa shape index (κ3) is 2.98. The van der Waals surface area contributed by atoms with Crippen LogP contribution in [0.5, 0.6) is 0 Å². The second kappa shape index (κ2) is 5.85. The summed E-state index contributed by atoms with van der Waals surface area (Å²) in [5, 5.41) is 8.74. The fraction of sp³-hybridized carbons (Fsp3) is 0.350. The fourth-order valence-corrected chi connectivity index (χ4v) is 3.63. The topological polar surface area (TPSA) is 63.1 Å². The number of alkyl halides is 1. The van der Waals surface area contributed by atoms with Crippen LogP contribution in [0.1, 0.15) is 12.8 Å². The molecule has 2 aliphatic rings. The van der Waals surface area contributed by atoms with Crippen molar-refractivity contribution >= 4 is 22.5 Å². The number of pyridine rings is 1. The number of anilines is 1. The van der Waals surface area contributed by atoms with Crippen molar-refractivity contribution in [1.29, 1.82) is 0 Å². The van der Waals surface area contributed by atoms with Gasteiger partial charge < -0.3 is 5.32 Å². The van der Waals surface area contributed by atoms with Crippen LogP contribution in [-0.2, 0) is 11.8 Å². The number of carbonyl (C=O) groups excluding carboxylic acids is 1. The summed E-state index contributed by atoms with van der Waals surface area (Å²) < 4.78 is 16.5. The van der Waals surface area contributed by atoms with E-state index in [0.29, 0.717) is 11.9 Å². The number of benzene rings is 1. The number of aryl methyl sites for hydroxylation is 1. The van der Waals surface area contributed by atoms with Crippen LogP contribution in [0.15, 0.2) is 42.9 Å².